The van der Waals surface area contributed by atoms with Crippen molar-refractivity contribution in [1.29, 1.82) is 0 Å². The van der Waals surface area contributed by atoms with E-state index < -0.39 is 0 Å². The third-order valence-corrected chi connectivity index (χ3v) is 2.67. The van der Waals surface area contributed by atoms with Crippen LogP contribution in [0.2, 0.25) is 0 Å². The first-order valence-electron chi connectivity index (χ1n) is 5.85. The van der Waals surface area contributed by atoms with Crippen LogP contribution < -0.4 is 5.32 Å². The number of hydrogen-bond donors (Lipinski definition) is 1. The molecule has 1 amide bonds. The highest BCUT2D eigenvalue weighted by Gasteiger charge is 2.28. The van der Waals surface area contributed by atoms with E-state index >= 15 is 0 Å². The van der Waals surface area contributed by atoms with Crippen molar-refractivity contribution in [3.05, 3.63) is 42.0 Å². The van der Waals surface area contributed by atoms with Crippen molar-refractivity contribution in [2.75, 3.05) is 6.54 Å². The maximum atomic E-state index is 11.3. The molecule has 0 atom stereocenters. The summed E-state index contributed by atoms with van der Waals surface area (Å²) in [6, 6.07) is 10.2. The minimum atomic E-state index is 0.230. The highest BCUT2D eigenvalue weighted by molar-refractivity contribution is 5.80. The number of amides is 1. The van der Waals surface area contributed by atoms with Gasteiger partial charge in [-0.05, 0) is 24.8 Å². The summed E-state index contributed by atoms with van der Waals surface area (Å²) in [5.41, 5.74) is 1.20. The van der Waals surface area contributed by atoms with E-state index in [4.69, 9.17) is 0 Å². The van der Waals surface area contributed by atoms with Crippen molar-refractivity contribution < 1.29 is 4.79 Å². The summed E-state index contributed by atoms with van der Waals surface area (Å²) in [6.45, 7) is 0.749. The first-order chi connectivity index (χ1) is 7.86. The molecule has 84 valence electrons. The molecule has 2 heteroatoms. The van der Waals surface area contributed by atoms with Gasteiger partial charge >= 0.3 is 0 Å². The van der Waals surface area contributed by atoms with Crippen molar-refractivity contribution in [3.8, 4) is 0 Å². The lowest BCUT2D eigenvalue weighted by atomic mass is 10.2. The molecule has 1 aliphatic carbocycles. The first kappa shape index (κ1) is 10.9. The Balaban J connectivity index is 1.64. The lowest BCUT2D eigenvalue weighted by molar-refractivity contribution is -0.122. The molecule has 0 bridgehead atoms. The van der Waals surface area contributed by atoms with Crippen LogP contribution in [0.5, 0.6) is 0 Å². The molecule has 0 unspecified atom stereocenters. The molecule has 1 saturated carbocycles. The van der Waals surface area contributed by atoms with Gasteiger partial charge in [-0.1, -0.05) is 42.5 Å². The maximum absolute atomic E-state index is 11.3. The summed E-state index contributed by atoms with van der Waals surface area (Å²) in [5, 5.41) is 2.94. The fourth-order valence-electron chi connectivity index (χ4n) is 1.55. The van der Waals surface area contributed by atoms with E-state index in [1.807, 2.05) is 18.2 Å². The molecule has 2 nitrogen and oxygen atoms in total. The largest absolute Gasteiger partial charge is 0.356 e. The average molecular weight is 215 g/mol. The van der Waals surface area contributed by atoms with Crippen molar-refractivity contribution in [2.24, 2.45) is 5.92 Å². The molecule has 1 N–H and O–H groups in total. The van der Waals surface area contributed by atoms with E-state index in [1.54, 1.807) is 0 Å². The van der Waals surface area contributed by atoms with Gasteiger partial charge in [0, 0.05) is 12.5 Å². The lowest BCUT2D eigenvalue weighted by Crippen LogP contribution is -2.25. The van der Waals surface area contributed by atoms with Crippen LogP contribution >= 0.6 is 0 Å². The number of carbonyl (C=O) groups excluding carboxylic acids is 1. The van der Waals surface area contributed by atoms with E-state index in [9.17, 15) is 4.79 Å². The predicted molar refractivity (Wildman–Crippen MR) is 65.8 cm³/mol. The van der Waals surface area contributed by atoms with Crippen LogP contribution in [-0.4, -0.2) is 12.5 Å². The van der Waals surface area contributed by atoms with Gasteiger partial charge in [-0.3, -0.25) is 4.79 Å². The van der Waals surface area contributed by atoms with E-state index in [-0.39, 0.29) is 5.91 Å². The van der Waals surface area contributed by atoms with Crippen LogP contribution in [-0.2, 0) is 4.79 Å². The van der Waals surface area contributed by atoms with E-state index in [0.717, 1.165) is 25.8 Å². The second-order valence-corrected chi connectivity index (χ2v) is 4.17. The standard InChI is InChI=1S/C14H17NO/c16-14(13-9-10-13)15-11-5-4-8-12-6-2-1-3-7-12/h1-4,6-8,13H,5,9-11H2,(H,15,16)/b8-4+. The van der Waals surface area contributed by atoms with Crippen molar-refractivity contribution in [3.63, 3.8) is 0 Å². The van der Waals surface area contributed by atoms with Gasteiger partial charge in [0.25, 0.3) is 0 Å². The van der Waals surface area contributed by atoms with Gasteiger partial charge in [0.1, 0.15) is 0 Å². The molecule has 1 fully saturated rings. The Hall–Kier alpha value is -1.57. The Morgan fingerprint density at radius 2 is 2.06 bits per heavy atom. The Morgan fingerprint density at radius 1 is 1.31 bits per heavy atom. The normalized spacial score (nSPS) is 15.2. The summed E-state index contributed by atoms with van der Waals surface area (Å²) >= 11 is 0. The SMILES string of the molecule is O=C(NCC/C=C/c1ccccc1)C1CC1. The van der Waals surface area contributed by atoms with E-state index in [0.29, 0.717) is 5.92 Å². The average Bonchev–Trinajstić information content (AvgIpc) is 3.13. The van der Waals surface area contributed by atoms with Gasteiger partial charge < -0.3 is 5.32 Å². The predicted octanol–water partition coefficient (Wildman–Crippen LogP) is 2.62. The molecule has 0 aromatic heterocycles. The number of carbonyl (C=O) groups is 1. The highest BCUT2D eigenvalue weighted by Crippen LogP contribution is 2.28. The fraction of sp³-hybridized carbons (Fsp3) is 0.357. The van der Waals surface area contributed by atoms with Crippen LogP contribution in [0.15, 0.2) is 36.4 Å². The highest BCUT2D eigenvalue weighted by atomic mass is 16.2. The van der Waals surface area contributed by atoms with Crippen molar-refractivity contribution >= 4 is 12.0 Å². The summed E-state index contributed by atoms with van der Waals surface area (Å²) in [7, 11) is 0. The third-order valence-electron chi connectivity index (χ3n) is 2.67. The zero-order valence-corrected chi connectivity index (χ0v) is 9.36. The molecule has 16 heavy (non-hydrogen) atoms. The zero-order chi connectivity index (χ0) is 11.2. The second-order valence-electron chi connectivity index (χ2n) is 4.17. The van der Waals surface area contributed by atoms with Crippen molar-refractivity contribution in [2.45, 2.75) is 19.3 Å². The smallest absolute Gasteiger partial charge is 0.223 e. The Bertz CT molecular complexity index is 366. The van der Waals surface area contributed by atoms with Gasteiger partial charge in [0.15, 0.2) is 0 Å². The quantitative estimate of drug-likeness (QED) is 0.752. The van der Waals surface area contributed by atoms with Gasteiger partial charge in [0.2, 0.25) is 5.91 Å². The Kier molecular flexibility index (Phi) is 3.76. The van der Waals surface area contributed by atoms with Crippen LogP contribution in [0.4, 0.5) is 0 Å². The van der Waals surface area contributed by atoms with Gasteiger partial charge in [-0.2, -0.15) is 0 Å². The van der Waals surface area contributed by atoms with E-state index in [1.165, 1.54) is 5.56 Å². The molecule has 1 aromatic rings. The molecule has 0 saturated heterocycles. The molecule has 0 spiro atoms. The number of rotatable bonds is 5. The summed E-state index contributed by atoms with van der Waals surface area (Å²) in [6.07, 6.45) is 7.23. The van der Waals surface area contributed by atoms with Gasteiger partial charge in [0.05, 0.1) is 0 Å². The first-order valence-corrected chi connectivity index (χ1v) is 5.85. The van der Waals surface area contributed by atoms with Crippen LogP contribution in [0, 0.1) is 5.92 Å². The second kappa shape index (κ2) is 5.50. The molecule has 1 aliphatic rings. The minimum absolute atomic E-state index is 0.230. The molecule has 0 aliphatic heterocycles. The summed E-state index contributed by atoms with van der Waals surface area (Å²) < 4.78 is 0. The molecular formula is C14H17NO. The Labute approximate surface area is 96.4 Å². The lowest BCUT2D eigenvalue weighted by Gasteiger charge is -2.00. The number of hydrogen-bond acceptors (Lipinski definition) is 1. The third kappa shape index (κ3) is 3.54. The number of benzene rings is 1. The molecule has 1 aromatic carbocycles. The summed E-state index contributed by atoms with van der Waals surface area (Å²) in [4.78, 5) is 11.3. The van der Waals surface area contributed by atoms with Crippen LogP contribution in [0.25, 0.3) is 6.08 Å². The zero-order valence-electron chi connectivity index (χ0n) is 9.36. The minimum Gasteiger partial charge on any atom is -0.356 e. The number of nitrogens with one attached hydrogen (secondary N) is 1. The van der Waals surface area contributed by atoms with Gasteiger partial charge in [-0.15, -0.1) is 0 Å². The molecule has 0 heterocycles. The van der Waals surface area contributed by atoms with Crippen molar-refractivity contribution in [1.82, 2.24) is 5.32 Å². The monoisotopic (exact) mass is 215 g/mol. The molecule has 2 rings (SSSR count). The Morgan fingerprint density at radius 3 is 2.75 bits per heavy atom. The van der Waals surface area contributed by atoms with Crippen LogP contribution in [0.3, 0.4) is 0 Å². The van der Waals surface area contributed by atoms with Crippen LogP contribution in [0.1, 0.15) is 24.8 Å². The topological polar surface area (TPSA) is 29.1 Å². The molecular weight excluding hydrogens is 198 g/mol. The summed E-state index contributed by atoms with van der Waals surface area (Å²) in [5.74, 6) is 0.547. The fourth-order valence-corrected chi connectivity index (χ4v) is 1.55. The molecule has 0 radical (unpaired) electrons. The van der Waals surface area contributed by atoms with E-state index in [2.05, 4.69) is 29.6 Å². The van der Waals surface area contributed by atoms with Gasteiger partial charge in [-0.25, -0.2) is 0 Å². The maximum Gasteiger partial charge on any atom is 0.223 e.